The summed E-state index contributed by atoms with van der Waals surface area (Å²) in [6.45, 7) is 8.33. The Morgan fingerprint density at radius 3 is 2.06 bits per heavy atom. The fourth-order valence-electron chi connectivity index (χ4n) is 6.86. The summed E-state index contributed by atoms with van der Waals surface area (Å²) in [4.78, 5) is 2.53. The lowest BCUT2D eigenvalue weighted by atomic mass is 9.99. The van der Waals surface area contributed by atoms with Gasteiger partial charge in [0.1, 0.15) is 5.75 Å². The smallest absolute Gasteiger partial charge is 0.416 e. The summed E-state index contributed by atoms with van der Waals surface area (Å²) >= 11 is 0. The lowest BCUT2D eigenvalue weighted by Crippen LogP contribution is -2.52. The van der Waals surface area contributed by atoms with Crippen LogP contribution in [0.4, 0.5) is 26.3 Å². The van der Waals surface area contributed by atoms with Crippen molar-refractivity contribution >= 4 is 0 Å². The van der Waals surface area contributed by atoms with Gasteiger partial charge in [0.15, 0.2) is 0 Å². The van der Waals surface area contributed by atoms with Gasteiger partial charge in [-0.1, -0.05) is 62.7 Å². The van der Waals surface area contributed by atoms with Crippen molar-refractivity contribution in [2.45, 2.75) is 88.9 Å². The van der Waals surface area contributed by atoms with Gasteiger partial charge < -0.3 is 26.8 Å². The van der Waals surface area contributed by atoms with Crippen LogP contribution in [-0.2, 0) is 31.6 Å². The van der Waals surface area contributed by atoms with Gasteiger partial charge in [-0.3, -0.25) is 4.90 Å². The monoisotopic (exact) mass is 721 g/mol. The Labute approximate surface area is 298 Å². The van der Waals surface area contributed by atoms with Crippen molar-refractivity contribution < 1.29 is 31.4 Å². The molecule has 6 N–H and O–H groups in total. The van der Waals surface area contributed by atoms with Crippen LogP contribution < -0.4 is 21.7 Å². The quantitative estimate of drug-likeness (QED) is 0.0877. The molecule has 282 valence electrons. The average molecular weight is 722 g/mol. The van der Waals surface area contributed by atoms with E-state index in [1.165, 1.54) is 5.56 Å². The van der Waals surface area contributed by atoms with Gasteiger partial charge in [-0.25, -0.2) is 0 Å². The summed E-state index contributed by atoms with van der Waals surface area (Å²) in [6.07, 6.45) is -5.23. The second-order valence-corrected chi connectivity index (χ2v) is 13.9. The zero-order valence-electron chi connectivity index (χ0n) is 29.5. The van der Waals surface area contributed by atoms with E-state index >= 15 is 0 Å². The number of benzene rings is 3. The molecule has 3 aromatic carbocycles. The first kappa shape index (κ1) is 40.6. The van der Waals surface area contributed by atoms with Gasteiger partial charge in [0.25, 0.3) is 0 Å². The second kappa shape index (κ2) is 19.1. The number of nitrogens with one attached hydrogen (secondary N) is 3. The number of hydrogen-bond acceptors (Lipinski definition) is 6. The maximum absolute atomic E-state index is 13.5. The van der Waals surface area contributed by atoms with Crippen molar-refractivity contribution in [1.82, 2.24) is 20.9 Å². The Morgan fingerprint density at radius 2 is 1.45 bits per heavy atom. The van der Waals surface area contributed by atoms with E-state index in [0.29, 0.717) is 31.5 Å². The molecule has 3 aromatic rings. The first-order valence-electron chi connectivity index (χ1n) is 18.0. The number of nitrogens with zero attached hydrogens (tertiary/aromatic N) is 1. The van der Waals surface area contributed by atoms with Crippen LogP contribution in [0.5, 0.6) is 5.75 Å². The third-order valence-corrected chi connectivity index (χ3v) is 10.0. The van der Waals surface area contributed by atoms with E-state index in [1.807, 2.05) is 30.3 Å². The van der Waals surface area contributed by atoms with Gasteiger partial charge in [-0.15, -0.1) is 0 Å². The Kier molecular flexibility index (Phi) is 15.2. The molecule has 6 nitrogen and oxygen atoms in total. The average Bonchev–Trinajstić information content (AvgIpc) is 3.54. The number of aromatic hydroxyl groups is 1. The lowest BCUT2D eigenvalue weighted by molar-refractivity contribution is -0.143. The maximum atomic E-state index is 13.5. The normalized spacial score (nSPS) is 18.1. The Balaban J connectivity index is 1.48. The molecule has 12 heteroatoms. The Bertz CT molecular complexity index is 1420. The van der Waals surface area contributed by atoms with Crippen molar-refractivity contribution in [1.29, 1.82) is 0 Å². The second-order valence-electron chi connectivity index (χ2n) is 13.9. The van der Waals surface area contributed by atoms with Crippen LogP contribution in [0.25, 0.3) is 0 Å². The van der Waals surface area contributed by atoms with E-state index in [4.69, 9.17) is 5.73 Å². The van der Waals surface area contributed by atoms with E-state index in [2.05, 4.69) is 46.8 Å². The van der Waals surface area contributed by atoms with Gasteiger partial charge in [0.2, 0.25) is 0 Å². The van der Waals surface area contributed by atoms with Gasteiger partial charge >= 0.3 is 12.4 Å². The maximum Gasteiger partial charge on any atom is 0.416 e. The minimum Gasteiger partial charge on any atom is -0.508 e. The van der Waals surface area contributed by atoms with Crippen molar-refractivity contribution in [2.75, 3.05) is 39.3 Å². The molecule has 0 aliphatic carbocycles. The molecular formula is C39H53F6N5O. The molecule has 0 radical (unpaired) electrons. The number of likely N-dealkylation sites (tertiary alicyclic amines) is 1. The van der Waals surface area contributed by atoms with Crippen LogP contribution in [0, 0.1) is 5.92 Å². The van der Waals surface area contributed by atoms with E-state index in [9.17, 15) is 31.4 Å². The van der Waals surface area contributed by atoms with E-state index in [-0.39, 0.29) is 48.5 Å². The molecule has 4 rings (SSSR count). The number of nitrogens with two attached hydrogens (primary N) is 1. The third kappa shape index (κ3) is 13.1. The minimum atomic E-state index is -4.90. The summed E-state index contributed by atoms with van der Waals surface area (Å²) in [5, 5.41) is 20.7. The molecule has 0 amide bonds. The number of rotatable bonds is 19. The molecule has 1 heterocycles. The first-order chi connectivity index (χ1) is 24.2. The highest BCUT2D eigenvalue weighted by atomic mass is 19.4. The van der Waals surface area contributed by atoms with Crippen LogP contribution in [0.1, 0.15) is 60.9 Å². The number of phenolic OH excluding ortho intramolecular Hbond substituents is 1. The fourth-order valence-corrected chi connectivity index (χ4v) is 6.86. The van der Waals surface area contributed by atoms with Gasteiger partial charge in [0, 0.05) is 50.3 Å². The number of halogens is 6. The highest BCUT2D eigenvalue weighted by Crippen LogP contribution is 2.36. The molecule has 0 saturated carbocycles. The number of phenols is 1. The van der Waals surface area contributed by atoms with E-state index < -0.39 is 23.5 Å². The molecule has 0 spiro atoms. The number of alkyl halides is 6. The third-order valence-electron chi connectivity index (χ3n) is 10.0. The lowest BCUT2D eigenvalue weighted by Gasteiger charge is -2.33. The van der Waals surface area contributed by atoms with Crippen LogP contribution in [0.15, 0.2) is 72.8 Å². The van der Waals surface area contributed by atoms with Crippen molar-refractivity contribution in [3.05, 3.63) is 101 Å². The van der Waals surface area contributed by atoms with Crippen molar-refractivity contribution in [2.24, 2.45) is 11.7 Å². The zero-order valence-corrected chi connectivity index (χ0v) is 29.5. The molecule has 51 heavy (non-hydrogen) atoms. The SMILES string of the molecule is CC[C@H](C)[C@H](CN)NC[C@@H]1CCCN1C[C@@H](Cc1ccccc1)NC[C@@H](Cc1ccc(O)cc1)NCCc1cc(C(F)(F)F)cc(C(F)(F)F)c1. The molecular weight excluding hydrogens is 668 g/mol. The summed E-state index contributed by atoms with van der Waals surface area (Å²) in [5.41, 5.74) is 5.55. The highest BCUT2D eigenvalue weighted by Gasteiger charge is 2.37. The van der Waals surface area contributed by atoms with Crippen LogP contribution in [0.2, 0.25) is 0 Å². The predicted octanol–water partition coefficient (Wildman–Crippen LogP) is 6.80. The summed E-state index contributed by atoms with van der Waals surface area (Å²) in [7, 11) is 0. The van der Waals surface area contributed by atoms with E-state index in [1.54, 1.807) is 12.1 Å². The summed E-state index contributed by atoms with van der Waals surface area (Å²) < 4.78 is 80.9. The molecule has 0 bridgehead atoms. The predicted molar refractivity (Wildman–Crippen MR) is 191 cm³/mol. The van der Waals surface area contributed by atoms with Crippen LogP contribution in [0.3, 0.4) is 0 Å². The molecule has 5 atom stereocenters. The van der Waals surface area contributed by atoms with Crippen molar-refractivity contribution in [3.8, 4) is 5.75 Å². The Morgan fingerprint density at radius 1 is 0.824 bits per heavy atom. The fraction of sp³-hybridized carbons (Fsp3) is 0.538. The standard InChI is InChI=1S/C39H53F6N5O/c1-3-27(2)37(23-46)49-25-35-10-7-17-50(35)26-34(21-28-8-5-4-6-9-28)48-24-33(20-29-11-13-36(51)14-12-29)47-16-15-30-18-31(38(40,41)42)22-32(19-30)39(43,44)45/h4-6,8-9,11-14,18-19,22,27,33-35,37,47-49,51H,3,7,10,15-17,20-21,23-26,46H2,1-2H3/t27-,33+,34+,35-,37-/m0/s1. The van der Waals surface area contributed by atoms with Crippen LogP contribution in [-0.4, -0.2) is 73.4 Å². The highest BCUT2D eigenvalue weighted by molar-refractivity contribution is 5.34. The largest absolute Gasteiger partial charge is 0.508 e. The topological polar surface area (TPSA) is 85.6 Å². The Hall–Kier alpha value is -3.16. The molecule has 1 aliphatic rings. The molecule has 1 aliphatic heterocycles. The zero-order chi connectivity index (χ0) is 37.0. The molecule has 0 aromatic heterocycles. The number of hydrogen-bond donors (Lipinski definition) is 5. The molecule has 0 unspecified atom stereocenters. The van der Waals surface area contributed by atoms with Gasteiger partial charge in [-0.2, -0.15) is 26.3 Å². The van der Waals surface area contributed by atoms with E-state index in [0.717, 1.165) is 63.0 Å². The van der Waals surface area contributed by atoms with Gasteiger partial charge in [0.05, 0.1) is 11.1 Å². The summed E-state index contributed by atoms with van der Waals surface area (Å²) in [6, 6.07) is 19.3. The minimum absolute atomic E-state index is 0.0184. The van der Waals surface area contributed by atoms with Gasteiger partial charge in [-0.05, 0) is 98.1 Å². The van der Waals surface area contributed by atoms with Crippen molar-refractivity contribution in [3.63, 3.8) is 0 Å². The summed E-state index contributed by atoms with van der Waals surface area (Å²) in [5.74, 6) is 0.613. The first-order valence-corrected chi connectivity index (χ1v) is 18.0. The molecule has 1 fully saturated rings. The molecule has 1 saturated heterocycles. The van der Waals surface area contributed by atoms with Crippen LogP contribution >= 0.6 is 0 Å².